The van der Waals surface area contributed by atoms with Crippen LogP contribution in [0, 0.1) is 0 Å². The third kappa shape index (κ3) is 21.1. The molecule has 0 heterocycles. The van der Waals surface area contributed by atoms with Gasteiger partial charge in [0.2, 0.25) is 0 Å². The van der Waals surface area contributed by atoms with Crippen molar-refractivity contribution in [1.82, 2.24) is 0 Å². The SMILES string of the molecule is CCCCCCCCCCCC(=O)OC(CO)COP(=O)(O)OCC(CO)OC(=O)CCCCCC. The van der Waals surface area contributed by atoms with Crippen molar-refractivity contribution < 1.29 is 47.8 Å². The molecular formula is C25H49O10P. The van der Waals surface area contributed by atoms with Crippen molar-refractivity contribution in [3.8, 4) is 0 Å². The van der Waals surface area contributed by atoms with Crippen LogP contribution in [-0.4, -0.2) is 65.7 Å². The minimum absolute atomic E-state index is 0.187. The van der Waals surface area contributed by atoms with E-state index < -0.39 is 58.4 Å². The van der Waals surface area contributed by atoms with E-state index >= 15 is 0 Å². The number of hydrogen-bond acceptors (Lipinski definition) is 9. The van der Waals surface area contributed by atoms with Crippen molar-refractivity contribution in [2.24, 2.45) is 0 Å². The van der Waals surface area contributed by atoms with Crippen LogP contribution in [0.1, 0.15) is 110 Å². The van der Waals surface area contributed by atoms with Crippen LogP contribution >= 0.6 is 7.82 Å². The lowest BCUT2D eigenvalue weighted by atomic mass is 10.1. The van der Waals surface area contributed by atoms with Crippen LogP contribution in [0.4, 0.5) is 0 Å². The molecule has 11 heteroatoms. The maximum absolute atomic E-state index is 12.1. The van der Waals surface area contributed by atoms with Crippen LogP contribution in [0.5, 0.6) is 0 Å². The van der Waals surface area contributed by atoms with Gasteiger partial charge in [0.15, 0.2) is 0 Å². The Morgan fingerprint density at radius 3 is 1.33 bits per heavy atom. The molecule has 0 amide bonds. The van der Waals surface area contributed by atoms with Gasteiger partial charge in [-0.05, 0) is 12.8 Å². The van der Waals surface area contributed by atoms with Crippen molar-refractivity contribution in [3.63, 3.8) is 0 Å². The number of carbonyl (C=O) groups is 2. The largest absolute Gasteiger partial charge is 0.472 e. The summed E-state index contributed by atoms with van der Waals surface area (Å²) in [5.41, 5.74) is 0. The lowest BCUT2D eigenvalue weighted by Crippen LogP contribution is -2.28. The number of aliphatic hydroxyl groups is 2. The zero-order valence-corrected chi connectivity index (χ0v) is 23.1. The Morgan fingerprint density at radius 2 is 0.972 bits per heavy atom. The molecule has 0 aromatic heterocycles. The highest BCUT2D eigenvalue weighted by molar-refractivity contribution is 7.47. The zero-order chi connectivity index (χ0) is 27.1. The smallest absolute Gasteiger partial charge is 0.457 e. The van der Waals surface area contributed by atoms with Gasteiger partial charge in [-0.25, -0.2) is 4.57 Å². The first-order valence-electron chi connectivity index (χ1n) is 13.5. The standard InChI is InChI=1S/C25H49O10P/c1-3-5-7-9-10-11-12-13-15-17-25(29)35-23(19-27)21-33-36(30,31)32-20-22(18-26)34-24(28)16-14-8-6-4-2/h22-23,26-27H,3-21H2,1-2H3,(H,30,31). The Kier molecular flexibility index (Phi) is 22.5. The van der Waals surface area contributed by atoms with E-state index in [-0.39, 0.29) is 12.8 Å². The maximum atomic E-state index is 12.1. The van der Waals surface area contributed by atoms with Crippen LogP contribution < -0.4 is 0 Å². The lowest BCUT2D eigenvalue weighted by Gasteiger charge is -2.20. The lowest BCUT2D eigenvalue weighted by molar-refractivity contribution is -0.153. The summed E-state index contributed by atoms with van der Waals surface area (Å²) in [5.74, 6) is -1.04. The summed E-state index contributed by atoms with van der Waals surface area (Å²) in [6.07, 6.45) is 11.8. The second-order valence-electron chi connectivity index (χ2n) is 9.04. The maximum Gasteiger partial charge on any atom is 0.472 e. The Bertz CT molecular complexity index is 601. The summed E-state index contributed by atoms with van der Waals surface area (Å²) in [7, 11) is -4.59. The van der Waals surface area contributed by atoms with Crippen LogP contribution in [-0.2, 0) is 32.7 Å². The molecule has 0 saturated carbocycles. The van der Waals surface area contributed by atoms with Crippen molar-refractivity contribution in [1.29, 1.82) is 0 Å². The molecule has 0 fully saturated rings. The summed E-state index contributed by atoms with van der Waals surface area (Å²) in [5, 5.41) is 18.7. The van der Waals surface area contributed by atoms with Crippen LogP contribution in [0.15, 0.2) is 0 Å². The number of rotatable bonds is 25. The number of aliphatic hydroxyl groups excluding tert-OH is 2. The Morgan fingerprint density at radius 1 is 0.639 bits per heavy atom. The minimum Gasteiger partial charge on any atom is -0.457 e. The van der Waals surface area contributed by atoms with E-state index in [0.717, 1.165) is 38.5 Å². The molecule has 214 valence electrons. The summed E-state index contributed by atoms with van der Waals surface area (Å²) >= 11 is 0. The van der Waals surface area contributed by atoms with E-state index in [1.807, 2.05) is 0 Å². The van der Waals surface area contributed by atoms with Gasteiger partial charge in [0.05, 0.1) is 26.4 Å². The third-order valence-electron chi connectivity index (χ3n) is 5.57. The first-order valence-corrected chi connectivity index (χ1v) is 15.0. The van der Waals surface area contributed by atoms with Crippen molar-refractivity contribution in [2.45, 2.75) is 122 Å². The normalized spacial score (nSPS) is 14.7. The fourth-order valence-corrected chi connectivity index (χ4v) is 4.19. The molecule has 3 atom stereocenters. The van der Waals surface area contributed by atoms with Crippen LogP contribution in [0.2, 0.25) is 0 Å². The number of unbranched alkanes of at least 4 members (excludes halogenated alkanes) is 11. The van der Waals surface area contributed by atoms with E-state index in [0.29, 0.717) is 12.8 Å². The molecule has 0 aromatic carbocycles. The van der Waals surface area contributed by atoms with E-state index in [4.69, 9.17) is 18.5 Å². The molecule has 0 aliphatic carbocycles. The molecule has 36 heavy (non-hydrogen) atoms. The number of hydrogen-bond donors (Lipinski definition) is 3. The molecule has 0 rings (SSSR count). The molecule has 3 N–H and O–H groups in total. The number of esters is 2. The van der Waals surface area contributed by atoms with Gasteiger partial charge in [-0.15, -0.1) is 0 Å². The van der Waals surface area contributed by atoms with Crippen LogP contribution in [0.3, 0.4) is 0 Å². The summed E-state index contributed by atoms with van der Waals surface area (Å²) < 4.78 is 31.8. The van der Waals surface area contributed by atoms with Crippen molar-refractivity contribution in [2.75, 3.05) is 26.4 Å². The average molecular weight is 541 g/mol. The Hall–Kier alpha value is -1.03. The van der Waals surface area contributed by atoms with Gasteiger partial charge < -0.3 is 24.6 Å². The summed E-state index contributed by atoms with van der Waals surface area (Å²) in [4.78, 5) is 33.6. The first-order chi connectivity index (χ1) is 17.3. The fourth-order valence-electron chi connectivity index (χ4n) is 3.41. The number of phosphoric acid groups is 1. The molecule has 0 aromatic rings. The van der Waals surface area contributed by atoms with E-state index in [1.165, 1.54) is 32.1 Å². The monoisotopic (exact) mass is 540 g/mol. The highest BCUT2D eigenvalue weighted by atomic mass is 31.2. The molecule has 10 nitrogen and oxygen atoms in total. The van der Waals surface area contributed by atoms with Gasteiger partial charge in [0.1, 0.15) is 12.2 Å². The molecule has 0 aliphatic heterocycles. The first kappa shape index (κ1) is 35.0. The average Bonchev–Trinajstić information content (AvgIpc) is 2.85. The van der Waals surface area contributed by atoms with Crippen LogP contribution in [0.25, 0.3) is 0 Å². The highest BCUT2D eigenvalue weighted by Crippen LogP contribution is 2.43. The summed E-state index contributed by atoms with van der Waals surface area (Å²) in [6, 6.07) is 0. The van der Waals surface area contributed by atoms with Crippen molar-refractivity contribution in [3.05, 3.63) is 0 Å². The fraction of sp³-hybridized carbons (Fsp3) is 0.920. The van der Waals surface area contributed by atoms with Gasteiger partial charge in [0.25, 0.3) is 0 Å². The Labute approximate surface area is 216 Å². The quantitative estimate of drug-likeness (QED) is 0.0836. The third-order valence-corrected chi connectivity index (χ3v) is 6.52. The number of ether oxygens (including phenoxy) is 2. The molecule has 0 bridgehead atoms. The molecule has 3 unspecified atom stereocenters. The zero-order valence-electron chi connectivity index (χ0n) is 22.2. The van der Waals surface area contributed by atoms with E-state index in [1.54, 1.807) is 0 Å². The topological polar surface area (TPSA) is 149 Å². The van der Waals surface area contributed by atoms with E-state index in [9.17, 15) is 29.3 Å². The van der Waals surface area contributed by atoms with Gasteiger partial charge in [-0.3, -0.25) is 18.6 Å². The van der Waals surface area contributed by atoms with E-state index in [2.05, 4.69) is 13.8 Å². The predicted octanol–water partition coefficient (Wildman–Crippen LogP) is 4.82. The Balaban J connectivity index is 4.13. The molecule has 0 spiro atoms. The number of carbonyl (C=O) groups excluding carboxylic acids is 2. The predicted molar refractivity (Wildman–Crippen MR) is 136 cm³/mol. The number of phosphoric ester groups is 1. The summed E-state index contributed by atoms with van der Waals surface area (Å²) in [6.45, 7) is 1.98. The molecule has 0 saturated heterocycles. The van der Waals surface area contributed by atoms with Gasteiger partial charge >= 0.3 is 19.8 Å². The van der Waals surface area contributed by atoms with Gasteiger partial charge in [-0.2, -0.15) is 0 Å². The second-order valence-corrected chi connectivity index (χ2v) is 10.5. The molecular weight excluding hydrogens is 491 g/mol. The van der Waals surface area contributed by atoms with Crippen molar-refractivity contribution >= 4 is 19.8 Å². The molecule has 0 radical (unpaired) electrons. The minimum atomic E-state index is -4.59. The second kappa shape index (κ2) is 23.1. The molecule has 0 aliphatic rings. The highest BCUT2D eigenvalue weighted by Gasteiger charge is 2.27. The van der Waals surface area contributed by atoms with Gasteiger partial charge in [0, 0.05) is 12.8 Å². The van der Waals surface area contributed by atoms with Gasteiger partial charge in [-0.1, -0.05) is 84.5 Å².